The number of amides is 1. The van der Waals surface area contributed by atoms with Gasteiger partial charge in [-0.15, -0.1) is 0 Å². The van der Waals surface area contributed by atoms with Gasteiger partial charge in [0.25, 0.3) is 5.91 Å². The molecule has 1 heterocycles. The largest absolute Gasteiger partial charge is 0.381 e. The first-order chi connectivity index (χ1) is 12.2. The average Bonchev–Trinajstić information content (AvgIpc) is 3.48. The number of nitrogens with one attached hydrogen (secondary N) is 1. The predicted molar refractivity (Wildman–Crippen MR) is 99.7 cm³/mol. The van der Waals surface area contributed by atoms with E-state index in [9.17, 15) is 4.79 Å². The van der Waals surface area contributed by atoms with E-state index in [2.05, 4.69) is 34.3 Å². The molecule has 138 valence electrons. The number of likely N-dealkylation sites (N-methyl/N-ethyl adjacent to an activating group) is 1. The Hall–Kier alpha value is -1.43. The van der Waals surface area contributed by atoms with E-state index >= 15 is 0 Å². The number of hydrogen-bond donors (Lipinski definition) is 1. The molecule has 1 aromatic rings. The lowest BCUT2D eigenvalue weighted by atomic mass is 10.1. The summed E-state index contributed by atoms with van der Waals surface area (Å²) >= 11 is 0. The average molecular weight is 345 g/mol. The van der Waals surface area contributed by atoms with E-state index in [4.69, 9.17) is 4.74 Å². The number of ether oxygens (including phenoxy) is 1. The van der Waals surface area contributed by atoms with Crippen molar-refractivity contribution in [2.75, 3.05) is 40.3 Å². The summed E-state index contributed by atoms with van der Waals surface area (Å²) in [5.74, 6) is 0.0247. The molecular formula is C20H31N3O2. The molecule has 5 heteroatoms. The van der Waals surface area contributed by atoms with Crippen molar-refractivity contribution < 1.29 is 9.53 Å². The smallest absolute Gasteiger partial charge is 0.251 e. The number of methoxy groups -OCH3 is 1. The SMILES string of the molecule is COC1CCN(Cc2ccc(C(=O)NCCN(C)C3CC3)cc2)CC1. The van der Waals surface area contributed by atoms with E-state index in [0.29, 0.717) is 12.6 Å². The van der Waals surface area contributed by atoms with Crippen molar-refractivity contribution in [3.05, 3.63) is 35.4 Å². The lowest BCUT2D eigenvalue weighted by molar-refractivity contribution is 0.0388. The summed E-state index contributed by atoms with van der Waals surface area (Å²) in [5, 5.41) is 3.02. The van der Waals surface area contributed by atoms with E-state index in [-0.39, 0.29) is 5.91 Å². The topological polar surface area (TPSA) is 44.8 Å². The van der Waals surface area contributed by atoms with E-state index in [1.165, 1.54) is 18.4 Å². The van der Waals surface area contributed by atoms with Gasteiger partial charge in [0.1, 0.15) is 0 Å². The molecule has 1 amide bonds. The Morgan fingerprint density at radius 2 is 1.88 bits per heavy atom. The quantitative estimate of drug-likeness (QED) is 0.784. The van der Waals surface area contributed by atoms with Gasteiger partial charge in [-0.2, -0.15) is 0 Å². The molecule has 3 rings (SSSR count). The van der Waals surface area contributed by atoms with Crippen molar-refractivity contribution in [1.82, 2.24) is 15.1 Å². The second-order valence-electron chi connectivity index (χ2n) is 7.38. The van der Waals surface area contributed by atoms with Crippen LogP contribution in [0.5, 0.6) is 0 Å². The van der Waals surface area contributed by atoms with E-state index in [0.717, 1.165) is 50.6 Å². The molecule has 1 aliphatic heterocycles. The van der Waals surface area contributed by atoms with Crippen molar-refractivity contribution in [3.63, 3.8) is 0 Å². The molecule has 1 aliphatic carbocycles. The summed E-state index contributed by atoms with van der Waals surface area (Å²) in [5.41, 5.74) is 2.01. The van der Waals surface area contributed by atoms with Crippen LogP contribution in [0.25, 0.3) is 0 Å². The maximum absolute atomic E-state index is 12.2. The van der Waals surface area contributed by atoms with Crippen LogP contribution in [0.3, 0.4) is 0 Å². The van der Waals surface area contributed by atoms with Crippen molar-refractivity contribution in [1.29, 1.82) is 0 Å². The van der Waals surface area contributed by atoms with Crippen LogP contribution in [0.4, 0.5) is 0 Å². The highest BCUT2D eigenvalue weighted by molar-refractivity contribution is 5.94. The van der Waals surface area contributed by atoms with E-state index in [1.54, 1.807) is 7.11 Å². The van der Waals surface area contributed by atoms with Crippen LogP contribution in [0.15, 0.2) is 24.3 Å². The van der Waals surface area contributed by atoms with Crippen LogP contribution in [0.1, 0.15) is 41.6 Å². The van der Waals surface area contributed by atoms with Crippen LogP contribution in [0, 0.1) is 0 Å². The molecule has 0 atom stereocenters. The normalized spacial score (nSPS) is 19.3. The summed E-state index contributed by atoms with van der Waals surface area (Å²) in [6.45, 7) is 4.74. The first-order valence-corrected chi connectivity index (χ1v) is 9.48. The Balaban J connectivity index is 1.41. The van der Waals surface area contributed by atoms with Gasteiger partial charge < -0.3 is 15.0 Å². The Bertz CT molecular complexity index is 549. The summed E-state index contributed by atoms with van der Waals surface area (Å²) in [7, 11) is 3.93. The molecule has 0 radical (unpaired) electrons. The third-order valence-electron chi connectivity index (χ3n) is 5.41. The number of carbonyl (C=O) groups excluding carboxylic acids is 1. The Morgan fingerprint density at radius 3 is 2.48 bits per heavy atom. The number of rotatable bonds is 8. The Labute approximate surface area is 151 Å². The molecule has 1 saturated carbocycles. The third-order valence-corrected chi connectivity index (χ3v) is 5.41. The lowest BCUT2D eigenvalue weighted by Gasteiger charge is -2.31. The fraction of sp³-hybridized carbons (Fsp3) is 0.650. The van der Waals surface area contributed by atoms with Gasteiger partial charge >= 0.3 is 0 Å². The van der Waals surface area contributed by atoms with Gasteiger partial charge in [-0.3, -0.25) is 9.69 Å². The first kappa shape index (κ1) is 18.4. The number of benzene rings is 1. The molecule has 2 aliphatic rings. The second kappa shape index (κ2) is 8.79. The van der Waals surface area contributed by atoms with Gasteiger partial charge in [0, 0.05) is 51.4 Å². The summed E-state index contributed by atoms with van der Waals surface area (Å²) in [4.78, 5) is 17.0. The highest BCUT2D eigenvalue weighted by atomic mass is 16.5. The minimum absolute atomic E-state index is 0.0247. The molecule has 0 aromatic heterocycles. The fourth-order valence-corrected chi connectivity index (χ4v) is 3.47. The second-order valence-corrected chi connectivity index (χ2v) is 7.38. The van der Waals surface area contributed by atoms with Crippen LogP contribution in [0.2, 0.25) is 0 Å². The van der Waals surface area contributed by atoms with Crippen molar-refractivity contribution in [2.45, 2.75) is 44.4 Å². The number of likely N-dealkylation sites (tertiary alicyclic amines) is 1. The highest BCUT2D eigenvalue weighted by Crippen LogP contribution is 2.24. The first-order valence-electron chi connectivity index (χ1n) is 9.48. The zero-order valence-electron chi connectivity index (χ0n) is 15.5. The van der Waals surface area contributed by atoms with Crippen LogP contribution >= 0.6 is 0 Å². The monoisotopic (exact) mass is 345 g/mol. The molecular weight excluding hydrogens is 314 g/mol. The van der Waals surface area contributed by atoms with Gasteiger partial charge in [0.05, 0.1) is 6.10 Å². The molecule has 2 fully saturated rings. The van der Waals surface area contributed by atoms with Crippen molar-refractivity contribution in [3.8, 4) is 0 Å². The standard InChI is InChI=1S/C20H31N3O2/c1-22(18-7-8-18)14-11-21-20(24)17-5-3-16(4-6-17)15-23-12-9-19(25-2)10-13-23/h3-6,18-19H,7-15H2,1-2H3,(H,21,24). The highest BCUT2D eigenvalue weighted by Gasteiger charge is 2.25. The predicted octanol–water partition coefficient (Wildman–Crippen LogP) is 2.12. The molecule has 0 spiro atoms. The van der Waals surface area contributed by atoms with Crippen LogP contribution < -0.4 is 5.32 Å². The minimum atomic E-state index is 0.0247. The number of nitrogens with zero attached hydrogens (tertiary/aromatic N) is 2. The molecule has 0 bridgehead atoms. The van der Waals surface area contributed by atoms with Gasteiger partial charge in [-0.25, -0.2) is 0 Å². The summed E-state index contributed by atoms with van der Waals surface area (Å²) in [6, 6.07) is 8.78. The van der Waals surface area contributed by atoms with Crippen LogP contribution in [-0.4, -0.2) is 68.2 Å². The molecule has 1 saturated heterocycles. The van der Waals surface area contributed by atoms with Crippen LogP contribution in [-0.2, 0) is 11.3 Å². The molecule has 1 aromatic carbocycles. The maximum atomic E-state index is 12.2. The van der Waals surface area contributed by atoms with Gasteiger partial charge in [-0.05, 0) is 50.4 Å². The molecule has 1 N–H and O–H groups in total. The molecule has 5 nitrogen and oxygen atoms in total. The summed E-state index contributed by atoms with van der Waals surface area (Å²) < 4.78 is 5.42. The van der Waals surface area contributed by atoms with Gasteiger partial charge in [-0.1, -0.05) is 12.1 Å². The lowest BCUT2D eigenvalue weighted by Crippen LogP contribution is -2.36. The Morgan fingerprint density at radius 1 is 1.20 bits per heavy atom. The van der Waals surface area contributed by atoms with Gasteiger partial charge in [0.15, 0.2) is 0 Å². The molecule has 0 unspecified atom stereocenters. The molecule has 25 heavy (non-hydrogen) atoms. The number of piperidine rings is 1. The number of carbonyl (C=O) groups is 1. The van der Waals surface area contributed by atoms with Crippen molar-refractivity contribution >= 4 is 5.91 Å². The van der Waals surface area contributed by atoms with Crippen molar-refractivity contribution in [2.24, 2.45) is 0 Å². The third kappa shape index (κ3) is 5.53. The zero-order chi connectivity index (χ0) is 17.6. The minimum Gasteiger partial charge on any atom is -0.381 e. The summed E-state index contributed by atoms with van der Waals surface area (Å²) in [6.07, 6.45) is 5.23. The van der Waals surface area contributed by atoms with E-state index in [1.807, 2.05) is 12.1 Å². The fourth-order valence-electron chi connectivity index (χ4n) is 3.47. The zero-order valence-corrected chi connectivity index (χ0v) is 15.5. The Kier molecular flexibility index (Phi) is 6.45. The van der Waals surface area contributed by atoms with E-state index < -0.39 is 0 Å². The maximum Gasteiger partial charge on any atom is 0.251 e. The number of hydrogen-bond acceptors (Lipinski definition) is 4. The van der Waals surface area contributed by atoms with Gasteiger partial charge in [0.2, 0.25) is 0 Å².